The quantitative estimate of drug-likeness (QED) is 0.416. The van der Waals surface area contributed by atoms with Gasteiger partial charge in [-0.25, -0.2) is 4.79 Å². The number of hydrogen-bond donors (Lipinski definition) is 3. The van der Waals surface area contributed by atoms with Gasteiger partial charge in [-0.1, -0.05) is 25.7 Å². The van der Waals surface area contributed by atoms with Crippen LogP contribution in [0, 0.1) is 5.92 Å². The van der Waals surface area contributed by atoms with Crippen LogP contribution >= 0.6 is 11.8 Å². The van der Waals surface area contributed by atoms with E-state index in [0.717, 1.165) is 6.42 Å². The second kappa shape index (κ2) is 9.20. The maximum absolute atomic E-state index is 10.8. The van der Waals surface area contributed by atoms with Crippen LogP contribution in [0.1, 0.15) is 38.5 Å². The Balaban J connectivity index is 2.08. The SMILES string of the molecule is O=CNC(CCSCC(O)CC1CCCC1)C(=O)O. The first-order valence-corrected chi connectivity index (χ1v) is 7.97. The normalized spacial score (nSPS) is 19.0. The van der Waals surface area contributed by atoms with Crippen LogP contribution in [0.3, 0.4) is 0 Å². The van der Waals surface area contributed by atoms with Crippen LogP contribution < -0.4 is 5.32 Å². The molecule has 1 aliphatic carbocycles. The van der Waals surface area contributed by atoms with E-state index in [0.29, 0.717) is 30.3 Å². The summed E-state index contributed by atoms with van der Waals surface area (Å²) in [6, 6.07) is -0.822. The molecule has 2 atom stereocenters. The monoisotopic (exact) mass is 289 g/mol. The average Bonchev–Trinajstić information content (AvgIpc) is 2.85. The number of carbonyl (C=O) groups is 2. The molecule has 0 heterocycles. The fourth-order valence-electron chi connectivity index (χ4n) is 2.48. The first kappa shape index (κ1) is 16.3. The average molecular weight is 289 g/mol. The summed E-state index contributed by atoms with van der Waals surface area (Å²) >= 11 is 1.55. The van der Waals surface area contributed by atoms with Crippen molar-refractivity contribution in [2.45, 2.75) is 50.7 Å². The van der Waals surface area contributed by atoms with E-state index in [1.54, 1.807) is 11.8 Å². The van der Waals surface area contributed by atoms with E-state index in [1.165, 1.54) is 25.7 Å². The molecule has 0 aromatic carbocycles. The third kappa shape index (κ3) is 6.82. The van der Waals surface area contributed by atoms with Gasteiger partial charge >= 0.3 is 5.97 Å². The van der Waals surface area contributed by atoms with E-state index in [2.05, 4.69) is 5.32 Å². The van der Waals surface area contributed by atoms with Gasteiger partial charge in [0.25, 0.3) is 0 Å². The van der Waals surface area contributed by atoms with Crippen LogP contribution in [0.15, 0.2) is 0 Å². The van der Waals surface area contributed by atoms with E-state index >= 15 is 0 Å². The number of amides is 1. The molecule has 1 aliphatic rings. The van der Waals surface area contributed by atoms with E-state index in [9.17, 15) is 14.7 Å². The molecule has 1 rings (SSSR count). The van der Waals surface area contributed by atoms with E-state index in [4.69, 9.17) is 5.11 Å². The number of carboxylic acid groups (broad SMARTS) is 1. The molecule has 19 heavy (non-hydrogen) atoms. The van der Waals surface area contributed by atoms with Crippen molar-refractivity contribution in [3.05, 3.63) is 0 Å². The van der Waals surface area contributed by atoms with Crippen molar-refractivity contribution in [3.63, 3.8) is 0 Å². The Morgan fingerprint density at radius 3 is 2.68 bits per heavy atom. The Morgan fingerprint density at radius 1 is 1.42 bits per heavy atom. The third-order valence-electron chi connectivity index (χ3n) is 3.51. The minimum absolute atomic E-state index is 0.296. The highest BCUT2D eigenvalue weighted by Gasteiger charge is 2.19. The lowest BCUT2D eigenvalue weighted by atomic mass is 10.0. The molecule has 0 radical (unpaired) electrons. The Morgan fingerprint density at radius 2 is 2.11 bits per heavy atom. The van der Waals surface area contributed by atoms with Gasteiger partial charge in [0.2, 0.25) is 6.41 Å². The highest BCUT2D eigenvalue weighted by atomic mass is 32.2. The first-order chi connectivity index (χ1) is 9.13. The first-order valence-electron chi connectivity index (χ1n) is 6.81. The van der Waals surface area contributed by atoms with E-state index < -0.39 is 12.0 Å². The zero-order valence-electron chi connectivity index (χ0n) is 11.1. The van der Waals surface area contributed by atoms with Crippen molar-refractivity contribution < 1.29 is 19.8 Å². The fourth-order valence-corrected chi connectivity index (χ4v) is 3.46. The fraction of sp³-hybridized carbons (Fsp3) is 0.846. The Hall–Kier alpha value is -0.750. The molecule has 6 heteroatoms. The summed E-state index contributed by atoms with van der Waals surface area (Å²) in [5.41, 5.74) is 0. The number of aliphatic hydroxyl groups excluding tert-OH is 1. The van der Waals surface area contributed by atoms with Gasteiger partial charge in [0, 0.05) is 5.75 Å². The van der Waals surface area contributed by atoms with Gasteiger partial charge in [-0.05, 0) is 24.5 Å². The van der Waals surface area contributed by atoms with Gasteiger partial charge in [-0.3, -0.25) is 4.79 Å². The largest absolute Gasteiger partial charge is 0.480 e. The zero-order chi connectivity index (χ0) is 14.1. The summed E-state index contributed by atoms with van der Waals surface area (Å²) in [6.07, 6.45) is 6.38. The molecular formula is C13H23NO4S. The maximum Gasteiger partial charge on any atom is 0.326 e. The summed E-state index contributed by atoms with van der Waals surface area (Å²) in [6.45, 7) is 0. The molecule has 0 bridgehead atoms. The molecule has 1 amide bonds. The number of carbonyl (C=O) groups excluding carboxylic acids is 1. The molecule has 0 aliphatic heterocycles. The van der Waals surface area contributed by atoms with Gasteiger partial charge in [0.1, 0.15) is 6.04 Å². The number of rotatable bonds is 10. The lowest BCUT2D eigenvalue weighted by molar-refractivity contribution is -0.140. The summed E-state index contributed by atoms with van der Waals surface area (Å²) in [5, 5.41) is 21.0. The summed E-state index contributed by atoms with van der Waals surface area (Å²) < 4.78 is 0. The minimum atomic E-state index is -1.01. The van der Waals surface area contributed by atoms with Crippen molar-refractivity contribution in [3.8, 4) is 0 Å². The smallest absolute Gasteiger partial charge is 0.326 e. The number of nitrogens with one attached hydrogen (secondary N) is 1. The standard InChI is InChI=1S/C13H23NO4S/c15-9-14-12(13(17)18)5-6-19-8-11(16)7-10-3-1-2-4-10/h9-12,16H,1-8H2,(H,14,15)(H,17,18). The van der Waals surface area contributed by atoms with Crippen molar-refractivity contribution in [1.29, 1.82) is 0 Å². The number of aliphatic carboxylic acids is 1. The van der Waals surface area contributed by atoms with Crippen LogP contribution in [0.2, 0.25) is 0 Å². The number of thioether (sulfide) groups is 1. The highest BCUT2D eigenvalue weighted by molar-refractivity contribution is 7.99. The van der Waals surface area contributed by atoms with Crippen molar-refractivity contribution in [1.82, 2.24) is 5.32 Å². The summed E-state index contributed by atoms with van der Waals surface area (Å²) in [7, 11) is 0. The Labute approximate surface area is 118 Å². The van der Waals surface area contributed by atoms with Gasteiger partial charge in [-0.2, -0.15) is 11.8 Å². The molecule has 3 N–H and O–H groups in total. The molecule has 5 nitrogen and oxygen atoms in total. The van der Waals surface area contributed by atoms with E-state index in [-0.39, 0.29) is 6.10 Å². The van der Waals surface area contributed by atoms with Crippen LogP contribution in [0.25, 0.3) is 0 Å². The molecule has 0 spiro atoms. The summed E-state index contributed by atoms with van der Waals surface area (Å²) in [5.74, 6) is 0.919. The Bertz CT molecular complexity index is 282. The number of hydrogen-bond acceptors (Lipinski definition) is 4. The van der Waals surface area contributed by atoms with Gasteiger partial charge < -0.3 is 15.5 Å². The topological polar surface area (TPSA) is 86.6 Å². The predicted molar refractivity (Wildman–Crippen MR) is 75.1 cm³/mol. The molecule has 1 fully saturated rings. The lowest BCUT2D eigenvalue weighted by Crippen LogP contribution is -2.36. The second-order valence-electron chi connectivity index (χ2n) is 5.08. The molecule has 0 saturated heterocycles. The number of aliphatic hydroxyl groups is 1. The minimum Gasteiger partial charge on any atom is -0.480 e. The van der Waals surface area contributed by atoms with Gasteiger partial charge in [0.15, 0.2) is 0 Å². The molecule has 0 aromatic heterocycles. The Kier molecular flexibility index (Phi) is 7.90. The van der Waals surface area contributed by atoms with Gasteiger partial charge in [-0.15, -0.1) is 0 Å². The molecule has 0 aromatic rings. The molecule has 110 valence electrons. The van der Waals surface area contributed by atoms with Gasteiger partial charge in [0.05, 0.1) is 6.10 Å². The van der Waals surface area contributed by atoms with Crippen molar-refractivity contribution in [2.24, 2.45) is 5.92 Å². The van der Waals surface area contributed by atoms with Crippen LogP contribution in [-0.2, 0) is 9.59 Å². The third-order valence-corrected chi connectivity index (χ3v) is 4.65. The predicted octanol–water partition coefficient (Wildman–Crippen LogP) is 1.25. The highest BCUT2D eigenvalue weighted by Crippen LogP contribution is 2.29. The van der Waals surface area contributed by atoms with Crippen LogP contribution in [-0.4, -0.2) is 46.2 Å². The summed E-state index contributed by atoms with van der Waals surface area (Å²) in [4.78, 5) is 21.0. The van der Waals surface area contributed by atoms with Crippen LogP contribution in [0.4, 0.5) is 0 Å². The second-order valence-corrected chi connectivity index (χ2v) is 6.23. The zero-order valence-corrected chi connectivity index (χ0v) is 11.9. The van der Waals surface area contributed by atoms with Crippen molar-refractivity contribution >= 4 is 24.1 Å². The molecular weight excluding hydrogens is 266 g/mol. The lowest BCUT2D eigenvalue weighted by Gasteiger charge is -2.15. The molecule has 1 saturated carbocycles. The number of carboxylic acids is 1. The van der Waals surface area contributed by atoms with E-state index in [1.807, 2.05) is 0 Å². The van der Waals surface area contributed by atoms with Crippen molar-refractivity contribution in [2.75, 3.05) is 11.5 Å². The maximum atomic E-state index is 10.8. The molecule has 2 unspecified atom stereocenters. The van der Waals surface area contributed by atoms with Crippen LogP contribution in [0.5, 0.6) is 0 Å².